The molecule has 0 aliphatic heterocycles. The van der Waals surface area contributed by atoms with Crippen LogP contribution in [0.4, 0.5) is 15.8 Å². The van der Waals surface area contributed by atoms with Crippen molar-refractivity contribution in [3.8, 4) is 5.75 Å². The zero-order valence-corrected chi connectivity index (χ0v) is 12.0. The summed E-state index contributed by atoms with van der Waals surface area (Å²) in [6.45, 7) is 4.02. The van der Waals surface area contributed by atoms with Gasteiger partial charge in [-0.2, -0.15) is 0 Å². The Balaban J connectivity index is 1.91. The second-order valence-corrected chi connectivity index (χ2v) is 4.50. The first-order chi connectivity index (χ1) is 10.7. The molecule has 0 aromatic heterocycles. The number of hydrogen-bond donors (Lipinski definition) is 2. The Morgan fingerprint density at radius 3 is 2.64 bits per heavy atom. The van der Waals surface area contributed by atoms with Gasteiger partial charge in [0.25, 0.3) is 0 Å². The molecule has 0 spiro atoms. The van der Waals surface area contributed by atoms with Crippen LogP contribution in [0.1, 0.15) is 0 Å². The summed E-state index contributed by atoms with van der Waals surface area (Å²) in [7, 11) is 0. The van der Waals surface area contributed by atoms with Gasteiger partial charge in [0.15, 0.2) is 0 Å². The van der Waals surface area contributed by atoms with Crippen LogP contribution in [0.5, 0.6) is 5.75 Å². The van der Waals surface area contributed by atoms with Crippen LogP contribution in [0.3, 0.4) is 0 Å². The highest BCUT2D eigenvalue weighted by Gasteiger charge is 2.07. The van der Waals surface area contributed by atoms with Gasteiger partial charge in [-0.25, -0.2) is 4.39 Å². The van der Waals surface area contributed by atoms with E-state index in [2.05, 4.69) is 17.2 Å². The van der Waals surface area contributed by atoms with E-state index in [1.807, 2.05) is 12.1 Å². The van der Waals surface area contributed by atoms with E-state index in [-0.39, 0.29) is 18.3 Å². The lowest BCUT2D eigenvalue weighted by molar-refractivity contribution is -0.114. The zero-order chi connectivity index (χ0) is 15.8. The van der Waals surface area contributed by atoms with Gasteiger partial charge in [0, 0.05) is 5.69 Å². The first-order valence-corrected chi connectivity index (χ1v) is 6.81. The van der Waals surface area contributed by atoms with Gasteiger partial charge in [-0.1, -0.05) is 24.8 Å². The number of carbonyl (C=O) groups excluding carboxylic acids is 1. The van der Waals surface area contributed by atoms with Crippen molar-refractivity contribution in [2.75, 3.05) is 23.8 Å². The van der Waals surface area contributed by atoms with Crippen LogP contribution in [0, 0.1) is 5.82 Å². The third-order valence-electron chi connectivity index (χ3n) is 2.82. The van der Waals surface area contributed by atoms with Gasteiger partial charge >= 0.3 is 0 Å². The van der Waals surface area contributed by atoms with Crippen LogP contribution < -0.4 is 15.4 Å². The number of para-hydroxylation sites is 2. The number of benzene rings is 2. The predicted molar refractivity (Wildman–Crippen MR) is 85.7 cm³/mol. The number of halogens is 1. The molecule has 0 aliphatic carbocycles. The molecule has 22 heavy (non-hydrogen) atoms. The smallest absolute Gasteiger partial charge is 0.243 e. The molecule has 0 atom stereocenters. The maximum atomic E-state index is 12.8. The zero-order valence-electron chi connectivity index (χ0n) is 12.0. The van der Waals surface area contributed by atoms with Crippen LogP contribution in [0.2, 0.25) is 0 Å². The number of ether oxygens (including phenoxy) is 1. The second kappa shape index (κ2) is 7.83. The molecular weight excluding hydrogens is 283 g/mol. The van der Waals surface area contributed by atoms with Gasteiger partial charge in [0.05, 0.1) is 12.2 Å². The lowest BCUT2D eigenvalue weighted by Crippen LogP contribution is -2.22. The normalized spacial score (nSPS) is 9.86. The van der Waals surface area contributed by atoms with Crippen LogP contribution in [-0.2, 0) is 4.79 Å². The minimum atomic E-state index is -0.316. The summed E-state index contributed by atoms with van der Waals surface area (Å²) in [5, 5.41) is 5.69. The molecule has 4 nitrogen and oxygen atoms in total. The summed E-state index contributed by atoms with van der Waals surface area (Å²) >= 11 is 0. The monoisotopic (exact) mass is 300 g/mol. The fraction of sp³-hybridized carbons (Fsp3) is 0.118. The fourth-order valence-corrected chi connectivity index (χ4v) is 1.79. The van der Waals surface area contributed by atoms with E-state index in [4.69, 9.17) is 4.74 Å². The summed E-state index contributed by atoms with van der Waals surface area (Å²) in [5.41, 5.74) is 1.27. The Morgan fingerprint density at radius 2 is 1.91 bits per heavy atom. The van der Waals surface area contributed by atoms with Crippen molar-refractivity contribution in [1.82, 2.24) is 0 Å². The highest BCUT2D eigenvalue weighted by Crippen LogP contribution is 2.23. The Hall–Kier alpha value is -2.82. The van der Waals surface area contributed by atoms with Crippen molar-refractivity contribution in [1.29, 1.82) is 0 Å². The lowest BCUT2D eigenvalue weighted by atomic mass is 10.3. The summed E-state index contributed by atoms with van der Waals surface area (Å²) in [6, 6.07) is 13.0. The van der Waals surface area contributed by atoms with Gasteiger partial charge in [-0.3, -0.25) is 4.79 Å². The average Bonchev–Trinajstić information content (AvgIpc) is 2.53. The Labute approximate surface area is 128 Å². The lowest BCUT2D eigenvalue weighted by Gasteiger charge is -2.12. The van der Waals surface area contributed by atoms with Gasteiger partial charge in [-0.05, 0) is 36.4 Å². The van der Waals surface area contributed by atoms with Gasteiger partial charge in [0.2, 0.25) is 5.91 Å². The minimum Gasteiger partial charge on any atom is -0.487 e. The summed E-state index contributed by atoms with van der Waals surface area (Å²) in [5.74, 6) is 0.0415. The van der Waals surface area contributed by atoms with Crippen LogP contribution >= 0.6 is 0 Å². The first kappa shape index (κ1) is 15.6. The summed E-state index contributed by atoms with van der Waals surface area (Å²) in [4.78, 5) is 12.0. The van der Waals surface area contributed by atoms with E-state index >= 15 is 0 Å². The van der Waals surface area contributed by atoms with Crippen molar-refractivity contribution in [3.05, 3.63) is 67.0 Å². The third-order valence-corrected chi connectivity index (χ3v) is 2.82. The van der Waals surface area contributed by atoms with Crippen molar-refractivity contribution in [3.63, 3.8) is 0 Å². The topological polar surface area (TPSA) is 50.4 Å². The standard InChI is InChI=1S/C17H17FN2O2/c1-2-11-22-16-6-4-3-5-15(16)20-17(21)12-19-14-9-7-13(18)8-10-14/h2-10,19H,1,11-12H2,(H,20,21). The quantitative estimate of drug-likeness (QED) is 0.770. The number of amides is 1. The highest BCUT2D eigenvalue weighted by molar-refractivity contribution is 5.95. The number of nitrogens with one attached hydrogen (secondary N) is 2. The molecule has 2 aromatic carbocycles. The molecule has 0 saturated heterocycles. The molecule has 0 fully saturated rings. The Bertz CT molecular complexity index is 641. The number of carbonyl (C=O) groups is 1. The third kappa shape index (κ3) is 4.63. The van der Waals surface area contributed by atoms with E-state index in [0.717, 1.165) is 0 Å². The second-order valence-electron chi connectivity index (χ2n) is 4.50. The molecule has 1 amide bonds. The van der Waals surface area contributed by atoms with E-state index < -0.39 is 0 Å². The van der Waals surface area contributed by atoms with E-state index in [0.29, 0.717) is 23.7 Å². The first-order valence-electron chi connectivity index (χ1n) is 6.81. The Kier molecular flexibility index (Phi) is 5.54. The predicted octanol–water partition coefficient (Wildman–Crippen LogP) is 3.44. The number of hydrogen-bond acceptors (Lipinski definition) is 3. The number of anilines is 2. The molecule has 2 rings (SSSR count). The summed E-state index contributed by atoms with van der Waals surface area (Å²) < 4.78 is 18.3. The largest absolute Gasteiger partial charge is 0.487 e. The molecule has 2 aromatic rings. The van der Waals surface area contributed by atoms with Crippen molar-refractivity contribution < 1.29 is 13.9 Å². The molecule has 0 bridgehead atoms. The van der Waals surface area contributed by atoms with Crippen LogP contribution in [0.25, 0.3) is 0 Å². The molecule has 114 valence electrons. The van der Waals surface area contributed by atoms with Crippen LogP contribution in [0.15, 0.2) is 61.2 Å². The molecule has 2 N–H and O–H groups in total. The average molecular weight is 300 g/mol. The van der Waals surface area contributed by atoms with Gasteiger partial charge in [-0.15, -0.1) is 0 Å². The molecule has 0 aliphatic rings. The maximum Gasteiger partial charge on any atom is 0.243 e. The minimum absolute atomic E-state index is 0.0709. The van der Waals surface area contributed by atoms with E-state index in [1.54, 1.807) is 30.3 Å². The molecule has 0 heterocycles. The fourth-order valence-electron chi connectivity index (χ4n) is 1.79. The van der Waals surface area contributed by atoms with Crippen LogP contribution in [-0.4, -0.2) is 19.1 Å². The van der Waals surface area contributed by atoms with Crippen molar-refractivity contribution >= 4 is 17.3 Å². The van der Waals surface area contributed by atoms with Crippen molar-refractivity contribution in [2.45, 2.75) is 0 Å². The van der Waals surface area contributed by atoms with E-state index in [1.165, 1.54) is 12.1 Å². The summed E-state index contributed by atoms with van der Waals surface area (Å²) in [6.07, 6.45) is 1.63. The molecule has 5 heteroatoms. The number of rotatable bonds is 7. The SMILES string of the molecule is C=CCOc1ccccc1NC(=O)CNc1ccc(F)cc1. The molecule has 0 radical (unpaired) electrons. The Morgan fingerprint density at radius 1 is 1.18 bits per heavy atom. The van der Waals surface area contributed by atoms with Gasteiger partial charge in [0.1, 0.15) is 18.2 Å². The highest BCUT2D eigenvalue weighted by atomic mass is 19.1. The molecule has 0 unspecified atom stereocenters. The molecular formula is C17H17FN2O2. The molecule has 0 saturated carbocycles. The van der Waals surface area contributed by atoms with Crippen molar-refractivity contribution in [2.24, 2.45) is 0 Å². The van der Waals surface area contributed by atoms with E-state index in [9.17, 15) is 9.18 Å². The maximum absolute atomic E-state index is 12.8. The van der Waals surface area contributed by atoms with Gasteiger partial charge < -0.3 is 15.4 Å².